The van der Waals surface area contributed by atoms with E-state index in [9.17, 15) is 13.6 Å². The second-order valence-corrected chi connectivity index (χ2v) is 3.99. The lowest BCUT2D eigenvalue weighted by molar-refractivity contribution is -0.104. The number of halogens is 2. The summed E-state index contributed by atoms with van der Waals surface area (Å²) in [6, 6.07) is 0.0800. The van der Waals surface area contributed by atoms with Crippen LogP contribution in [0, 0.1) is 5.41 Å². The van der Waals surface area contributed by atoms with Gasteiger partial charge in [-0.1, -0.05) is 6.08 Å². The molecule has 0 atom stereocenters. The Kier molecular flexibility index (Phi) is 8.58. The average Bonchev–Trinajstić information content (AvgIpc) is 2.44. The van der Waals surface area contributed by atoms with Gasteiger partial charge in [-0.2, -0.15) is 0 Å². The lowest BCUT2D eigenvalue weighted by Crippen LogP contribution is -2.17. The monoisotopic (exact) mass is 284 g/mol. The lowest BCUT2D eigenvalue weighted by atomic mass is 10.2. The van der Waals surface area contributed by atoms with Crippen molar-refractivity contribution in [2.75, 3.05) is 0 Å². The molecule has 0 radical (unpaired) electrons. The summed E-state index contributed by atoms with van der Waals surface area (Å²) in [5.74, 6) is -1.84. The van der Waals surface area contributed by atoms with Gasteiger partial charge in [-0.25, -0.2) is 8.78 Å². The second kappa shape index (κ2) is 9.66. The standard InChI is InChI=1S/C14H18F2N2O2/c1-4-11(9-19)5-13(16)14(6-15)20-12(7-17)8-18-10(2)3/h4-10,17-18H,1-3H3/b11-4+,12-8+,13-5+,14-6-,17-7?. The number of carbonyl (C=O) groups excluding carboxylic acids is 1. The molecule has 0 saturated carbocycles. The fourth-order valence-electron chi connectivity index (χ4n) is 1.00. The number of hydrogen-bond donors (Lipinski definition) is 2. The average molecular weight is 284 g/mol. The minimum atomic E-state index is -1.05. The van der Waals surface area contributed by atoms with Gasteiger partial charge in [0.05, 0.1) is 6.21 Å². The zero-order valence-electron chi connectivity index (χ0n) is 11.6. The van der Waals surface area contributed by atoms with Crippen LogP contribution >= 0.6 is 0 Å². The van der Waals surface area contributed by atoms with Gasteiger partial charge in [-0.15, -0.1) is 0 Å². The predicted octanol–water partition coefficient (Wildman–Crippen LogP) is 3.30. The molecule has 0 aromatic rings. The molecule has 0 amide bonds. The van der Waals surface area contributed by atoms with Crippen LogP contribution in [-0.4, -0.2) is 18.5 Å². The van der Waals surface area contributed by atoms with Crippen LogP contribution < -0.4 is 5.32 Å². The van der Waals surface area contributed by atoms with E-state index < -0.39 is 11.6 Å². The quantitative estimate of drug-likeness (QED) is 0.236. The highest BCUT2D eigenvalue weighted by Crippen LogP contribution is 2.18. The van der Waals surface area contributed by atoms with Crippen LogP contribution in [0.1, 0.15) is 20.8 Å². The van der Waals surface area contributed by atoms with Crippen molar-refractivity contribution in [3.63, 3.8) is 0 Å². The molecule has 0 saturated heterocycles. The van der Waals surface area contributed by atoms with Crippen LogP contribution in [0.5, 0.6) is 0 Å². The zero-order chi connectivity index (χ0) is 15.5. The van der Waals surface area contributed by atoms with E-state index in [4.69, 9.17) is 10.1 Å². The molecule has 20 heavy (non-hydrogen) atoms. The molecule has 0 bridgehead atoms. The minimum Gasteiger partial charge on any atom is -0.449 e. The number of rotatable bonds is 8. The topological polar surface area (TPSA) is 62.2 Å². The molecule has 0 aliphatic heterocycles. The summed E-state index contributed by atoms with van der Waals surface area (Å²) in [5.41, 5.74) is 0.0474. The summed E-state index contributed by atoms with van der Waals surface area (Å²) < 4.78 is 31.3. The summed E-state index contributed by atoms with van der Waals surface area (Å²) in [6.45, 7) is 5.25. The van der Waals surface area contributed by atoms with Crippen LogP contribution in [0.15, 0.2) is 47.6 Å². The van der Waals surface area contributed by atoms with Gasteiger partial charge < -0.3 is 15.5 Å². The minimum absolute atomic E-state index is 0.0474. The van der Waals surface area contributed by atoms with Gasteiger partial charge in [0.15, 0.2) is 17.3 Å². The molecule has 6 heteroatoms. The number of aldehydes is 1. The van der Waals surface area contributed by atoms with Crippen LogP contribution in [0.2, 0.25) is 0 Å². The van der Waals surface area contributed by atoms with Gasteiger partial charge in [0.25, 0.3) is 0 Å². The molecule has 110 valence electrons. The smallest absolute Gasteiger partial charge is 0.191 e. The molecular weight excluding hydrogens is 266 g/mol. The van der Waals surface area contributed by atoms with Crippen molar-refractivity contribution < 1.29 is 18.3 Å². The van der Waals surface area contributed by atoms with Gasteiger partial charge in [0.2, 0.25) is 0 Å². The summed E-state index contributed by atoms with van der Waals surface area (Å²) in [6.07, 6.45) is 4.71. The fourth-order valence-corrected chi connectivity index (χ4v) is 1.00. The Morgan fingerprint density at radius 3 is 2.45 bits per heavy atom. The lowest BCUT2D eigenvalue weighted by Gasteiger charge is -2.09. The van der Waals surface area contributed by atoms with Crippen molar-refractivity contribution >= 4 is 12.5 Å². The van der Waals surface area contributed by atoms with E-state index in [1.54, 1.807) is 6.92 Å². The maximum atomic E-state index is 13.7. The van der Waals surface area contributed by atoms with Crippen LogP contribution in [0.4, 0.5) is 8.78 Å². The SMILES string of the molecule is C\C=C(C=O)/C=C(F)\C(=C\F)O/C(C=N)=C/NC(C)C. The van der Waals surface area contributed by atoms with Crippen molar-refractivity contribution in [1.29, 1.82) is 5.41 Å². The Labute approximate surface area is 117 Å². The third-order valence-electron chi connectivity index (χ3n) is 2.03. The van der Waals surface area contributed by atoms with Crippen LogP contribution in [0.3, 0.4) is 0 Å². The van der Waals surface area contributed by atoms with Gasteiger partial charge in [-0.3, -0.25) is 4.79 Å². The molecule has 0 rings (SSSR count). The van der Waals surface area contributed by atoms with Crippen LogP contribution in [0.25, 0.3) is 0 Å². The molecule has 0 aromatic heterocycles. The highest BCUT2D eigenvalue weighted by atomic mass is 19.1. The first-order chi connectivity index (χ1) is 9.48. The molecule has 0 unspecified atom stereocenters. The highest BCUT2D eigenvalue weighted by Gasteiger charge is 2.10. The molecule has 0 aliphatic carbocycles. The summed E-state index contributed by atoms with van der Waals surface area (Å²) >= 11 is 0. The molecule has 0 aromatic carbocycles. The molecule has 0 heterocycles. The Hall–Kier alpha value is -2.24. The normalized spacial score (nSPS) is 14.3. The molecule has 4 nitrogen and oxygen atoms in total. The maximum Gasteiger partial charge on any atom is 0.191 e. The van der Waals surface area contributed by atoms with E-state index in [0.717, 1.165) is 12.3 Å². The number of carbonyl (C=O) groups is 1. The maximum absolute atomic E-state index is 13.7. The third kappa shape index (κ3) is 6.63. The van der Waals surface area contributed by atoms with Crippen molar-refractivity contribution in [1.82, 2.24) is 5.32 Å². The second-order valence-electron chi connectivity index (χ2n) is 3.99. The first kappa shape index (κ1) is 17.8. The van der Waals surface area contributed by atoms with E-state index in [-0.39, 0.29) is 23.7 Å². The zero-order valence-corrected chi connectivity index (χ0v) is 11.6. The molecular formula is C14H18F2N2O2. The number of hydrogen-bond acceptors (Lipinski definition) is 4. The molecule has 0 aliphatic rings. The summed E-state index contributed by atoms with van der Waals surface area (Å²) in [5, 5.41) is 9.94. The van der Waals surface area contributed by atoms with Crippen molar-refractivity contribution in [3.05, 3.63) is 47.6 Å². The van der Waals surface area contributed by atoms with Gasteiger partial charge in [-0.05, 0) is 26.8 Å². The first-order valence-electron chi connectivity index (χ1n) is 5.92. The Bertz CT molecular complexity index is 464. The van der Waals surface area contributed by atoms with Crippen molar-refractivity contribution in [3.8, 4) is 0 Å². The summed E-state index contributed by atoms with van der Waals surface area (Å²) in [7, 11) is 0. The number of ether oxygens (including phenoxy) is 1. The molecule has 0 spiro atoms. The molecule has 0 fully saturated rings. The number of allylic oxidation sites excluding steroid dienone is 5. The van der Waals surface area contributed by atoms with Gasteiger partial charge >= 0.3 is 0 Å². The van der Waals surface area contributed by atoms with Gasteiger partial charge in [0.1, 0.15) is 12.6 Å². The Morgan fingerprint density at radius 1 is 1.40 bits per heavy atom. The van der Waals surface area contributed by atoms with E-state index in [1.165, 1.54) is 12.3 Å². The van der Waals surface area contributed by atoms with Gasteiger partial charge in [0, 0.05) is 17.8 Å². The van der Waals surface area contributed by atoms with Crippen molar-refractivity contribution in [2.45, 2.75) is 26.8 Å². The van der Waals surface area contributed by atoms with E-state index >= 15 is 0 Å². The first-order valence-corrected chi connectivity index (χ1v) is 5.92. The van der Waals surface area contributed by atoms with Crippen LogP contribution in [-0.2, 0) is 9.53 Å². The largest absolute Gasteiger partial charge is 0.449 e. The Morgan fingerprint density at radius 2 is 2.05 bits per heavy atom. The van der Waals surface area contributed by atoms with E-state index in [2.05, 4.69) is 5.32 Å². The van der Waals surface area contributed by atoms with Crippen molar-refractivity contribution in [2.24, 2.45) is 0 Å². The summed E-state index contributed by atoms with van der Waals surface area (Å²) in [4.78, 5) is 10.5. The highest BCUT2D eigenvalue weighted by molar-refractivity contribution is 5.77. The van der Waals surface area contributed by atoms with E-state index in [0.29, 0.717) is 6.29 Å². The Balaban J connectivity index is 5.07. The predicted molar refractivity (Wildman–Crippen MR) is 74.4 cm³/mol. The number of nitrogens with one attached hydrogen (secondary N) is 2. The van der Waals surface area contributed by atoms with E-state index in [1.807, 2.05) is 13.8 Å². The third-order valence-corrected chi connectivity index (χ3v) is 2.03. The fraction of sp³-hybridized carbons (Fsp3) is 0.286. The molecule has 2 N–H and O–H groups in total.